The molecule has 0 amide bonds. The van der Waals surface area contributed by atoms with Crippen LogP contribution >= 0.6 is 0 Å². The molecule has 0 unspecified atom stereocenters. The Morgan fingerprint density at radius 1 is 0.727 bits per heavy atom. The second-order valence-corrected chi connectivity index (χ2v) is 8.69. The van der Waals surface area contributed by atoms with Crippen LogP contribution in [0.15, 0.2) is 18.2 Å². The highest BCUT2D eigenvalue weighted by molar-refractivity contribution is 5.74. The van der Waals surface area contributed by atoms with E-state index in [1.54, 1.807) is 0 Å². The van der Waals surface area contributed by atoms with Crippen molar-refractivity contribution in [1.82, 2.24) is 0 Å². The molecule has 0 aliphatic heterocycles. The SMILES string of the molecule is CCCCCCCCCCCCCCCCCCC(=O)Oc1ccc([N+](=O)[O-])cc1[N+](=O)[O-]. The molecule has 8 heteroatoms. The summed E-state index contributed by atoms with van der Waals surface area (Å²) in [5, 5.41) is 21.8. The summed E-state index contributed by atoms with van der Waals surface area (Å²) in [7, 11) is 0. The minimum atomic E-state index is -0.787. The molecule has 0 aliphatic rings. The molecule has 0 bridgehead atoms. The third-order valence-electron chi connectivity index (χ3n) is 5.81. The van der Waals surface area contributed by atoms with Crippen molar-refractivity contribution in [1.29, 1.82) is 0 Å². The Morgan fingerprint density at radius 2 is 1.18 bits per heavy atom. The van der Waals surface area contributed by atoms with E-state index < -0.39 is 27.2 Å². The second-order valence-electron chi connectivity index (χ2n) is 8.69. The Labute approximate surface area is 197 Å². The third kappa shape index (κ3) is 13.6. The van der Waals surface area contributed by atoms with Crippen molar-refractivity contribution < 1.29 is 19.4 Å². The minimum Gasteiger partial charge on any atom is -0.419 e. The van der Waals surface area contributed by atoms with Gasteiger partial charge in [-0.15, -0.1) is 0 Å². The van der Waals surface area contributed by atoms with Gasteiger partial charge >= 0.3 is 11.7 Å². The maximum Gasteiger partial charge on any atom is 0.318 e. The van der Waals surface area contributed by atoms with E-state index in [4.69, 9.17) is 4.74 Å². The summed E-state index contributed by atoms with van der Waals surface area (Å²) in [5.41, 5.74) is -0.996. The highest BCUT2D eigenvalue weighted by atomic mass is 16.6. The lowest BCUT2D eigenvalue weighted by Crippen LogP contribution is -2.09. The van der Waals surface area contributed by atoms with Crippen LogP contribution in [0.5, 0.6) is 5.75 Å². The minimum absolute atomic E-state index is 0.173. The first-order chi connectivity index (χ1) is 16.0. The van der Waals surface area contributed by atoms with Gasteiger partial charge in [0.05, 0.1) is 15.9 Å². The maximum absolute atomic E-state index is 12.0. The molecule has 0 spiro atoms. The van der Waals surface area contributed by atoms with Crippen molar-refractivity contribution in [2.45, 2.75) is 116 Å². The number of nitrogens with zero attached hydrogens (tertiary/aromatic N) is 2. The molecule has 1 aromatic rings. The summed E-state index contributed by atoms with van der Waals surface area (Å²) in [5.74, 6) is -0.815. The van der Waals surface area contributed by atoms with E-state index in [0.717, 1.165) is 37.5 Å². The molecule has 8 nitrogen and oxygen atoms in total. The third-order valence-corrected chi connectivity index (χ3v) is 5.81. The molecule has 1 rings (SSSR count). The lowest BCUT2D eigenvalue weighted by atomic mass is 10.0. The summed E-state index contributed by atoms with van der Waals surface area (Å²) < 4.78 is 5.06. The van der Waals surface area contributed by atoms with Crippen molar-refractivity contribution in [2.75, 3.05) is 0 Å². The number of hydrogen-bond donors (Lipinski definition) is 0. The molecule has 0 saturated heterocycles. The fourth-order valence-corrected chi connectivity index (χ4v) is 3.84. The standard InChI is InChI=1S/C25H40N2O6/c1-2-3-4-5-6-7-8-9-10-11-12-13-14-15-16-17-18-25(28)33-24-20-19-22(26(29)30)21-23(24)27(31)32/h19-21H,2-18H2,1H3. The largest absolute Gasteiger partial charge is 0.419 e. The number of carbonyl (C=O) groups is 1. The van der Waals surface area contributed by atoms with Crippen molar-refractivity contribution in [2.24, 2.45) is 0 Å². The average Bonchev–Trinajstić information content (AvgIpc) is 2.78. The Hall–Kier alpha value is -2.51. The zero-order valence-electron chi connectivity index (χ0n) is 20.1. The fraction of sp³-hybridized carbons (Fsp3) is 0.720. The number of rotatable bonds is 20. The van der Waals surface area contributed by atoms with Crippen LogP contribution in [0.4, 0.5) is 11.4 Å². The number of benzene rings is 1. The number of nitro groups is 2. The van der Waals surface area contributed by atoms with E-state index >= 15 is 0 Å². The van der Waals surface area contributed by atoms with Crippen LogP contribution in [0.3, 0.4) is 0 Å². The van der Waals surface area contributed by atoms with E-state index in [9.17, 15) is 25.0 Å². The Balaban J connectivity index is 2.03. The molecule has 0 aromatic heterocycles. The number of nitro benzene ring substituents is 2. The van der Waals surface area contributed by atoms with E-state index in [1.807, 2.05) is 0 Å². The smallest absolute Gasteiger partial charge is 0.318 e. The lowest BCUT2D eigenvalue weighted by molar-refractivity contribution is -0.394. The Morgan fingerprint density at radius 3 is 1.61 bits per heavy atom. The normalized spacial score (nSPS) is 10.8. The number of non-ortho nitro benzene ring substituents is 1. The number of carbonyl (C=O) groups excluding carboxylic acids is 1. The van der Waals surface area contributed by atoms with Crippen molar-refractivity contribution in [3.8, 4) is 5.75 Å². The molecule has 0 heterocycles. The molecule has 186 valence electrons. The monoisotopic (exact) mass is 464 g/mol. The van der Waals surface area contributed by atoms with Crippen LogP contribution in [0.1, 0.15) is 116 Å². The van der Waals surface area contributed by atoms with Gasteiger partial charge in [-0.25, -0.2) is 0 Å². The Kier molecular flexibility index (Phi) is 15.5. The number of ether oxygens (including phenoxy) is 1. The highest BCUT2D eigenvalue weighted by Gasteiger charge is 2.22. The number of hydrogen-bond acceptors (Lipinski definition) is 6. The molecule has 0 atom stereocenters. The first kappa shape index (κ1) is 28.5. The molecular formula is C25H40N2O6. The van der Waals surface area contributed by atoms with Gasteiger partial charge in [-0.05, 0) is 12.5 Å². The van der Waals surface area contributed by atoms with E-state index in [2.05, 4.69) is 6.92 Å². The van der Waals surface area contributed by atoms with Gasteiger partial charge in [0.1, 0.15) is 0 Å². The predicted molar refractivity (Wildman–Crippen MR) is 130 cm³/mol. The summed E-state index contributed by atoms with van der Waals surface area (Å²) in [4.78, 5) is 32.3. The number of unbranched alkanes of at least 4 members (excludes halogenated alkanes) is 15. The van der Waals surface area contributed by atoms with E-state index in [-0.39, 0.29) is 12.2 Å². The number of esters is 1. The van der Waals surface area contributed by atoms with Gasteiger partial charge in [0.15, 0.2) is 0 Å². The predicted octanol–water partition coefficient (Wildman–Crippen LogP) is 8.06. The molecule has 0 fully saturated rings. The quantitative estimate of drug-likeness (QED) is 0.0634. The first-order valence-corrected chi connectivity index (χ1v) is 12.6. The maximum atomic E-state index is 12.0. The molecule has 0 saturated carbocycles. The molecule has 0 aliphatic carbocycles. The summed E-state index contributed by atoms with van der Waals surface area (Å²) >= 11 is 0. The first-order valence-electron chi connectivity index (χ1n) is 12.6. The van der Waals surface area contributed by atoms with E-state index in [0.29, 0.717) is 6.42 Å². The van der Waals surface area contributed by atoms with Crippen molar-refractivity contribution in [3.05, 3.63) is 38.4 Å². The Bertz CT molecular complexity index is 723. The second kappa shape index (κ2) is 18.0. The fourth-order valence-electron chi connectivity index (χ4n) is 3.84. The zero-order chi connectivity index (χ0) is 24.3. The van der Waals surface area contributed by atoms with Gasteiger partial charge in [0.2, 0.25) is 5.75 Å². The van der Waals surface area contributed by atoms with Gasteiger partial charge < -0.3 is 4.74 Å². The van der Waals surface area contributed by atoms with Gasteiger partial charge in [-0.3, -0.25) is 25.0 Å². The van der Waals surface area contributed by atoms with Crippen LogP contribution in [0.25, 0.3) is 0 Å². The highest BCUT2D eigenvalue weighted by Crippen LogP contribution is 2.31. The van der Waals surface area contributed by atoms with E-state index in [1.165, 1.54) is 77.0 Å². The van der Waals surface area contributed by atoms with Crippen LogP contribution in [-0.2, 0) is 4.79 Å². The van der Waals surface area contributed by atoms with Crippen LogP contribution in [0.2, 0.25) is 0 Å². The van der Waals surface area contributed by atoms with Gasteiger partial charge in [0.25, 0.3) is 5.69 Å². The summed E-state index contributed by atoms with van der Waals surface area (Å²) in [6.07, 6.45) is 20.0. The molecule has 33 heavy (non-hydrogen) atoms. The van der Waals surface area contributed by atoms with Crippen molar-refractivity contribution in [3.63, 3.8) is 0 Å². The molecular weight excluding hydrogens is 424 g/mol. The summed E-state index contributed by atoms with van der Waals surface area (Å²) in [6.45, 7) is 2.25. The topological polar surface area (TPSA) is 113 Å². The van der Waals surface area contributed by atoms with Crippen LogP contribution < -0.4 is 4.74 Å². The van der Waals surface area contributed by atoms with Crippen LogP contribution in [-0.4, -0.2) is 15.8 Å². The molecule has 1 aromatic carbocycles. The zero-order valence-corrected chi connectivity index (χ0v) is 20.1. The van der Waals surface area contributed by atoms with Gasteiger partial charge in [-0.2, -0.15) is 0 Å². The van der Waals surface area contributed by atoms with Gasteiger partial charge in [0, 0.05) is 12.5 Å². The van der Waals surface area contributed by atoms with Crippen LogP contribution in [0, 0.1) is 20.2 Å². The van der Waals surface area contributed by atoms with Crippen molar-refractivity contribution >= 4 is 17.3 Å². The average molecular weight is 465 g/mol. The summed E-state index contributed by atoms with van der Waals surface area (Å²) in [6, 6.07) is 2.99. The molecule has 0 radical (unpaired) electrons. The van der Waals surface area contributed by atoms with Gasteiger partial charge in [-0.1, -0.05) is 103 Å². The lowest BCUT2D eigenvalue weighted by Gasteiger charge is -2.05. The molecule has 0 N–H and O–H groups in total.